The molecule has 0 radical (unpaired) electrons. The highest BCUT2D eigenvalue weighted by Gasteiger charge is 2.14. The molecule has 22 heavy (non-hydrogen) atoms. The monoisotopic (exact) mass is 339 g/mol. The summed E-state index contributed by atoms with van der Waals surface area (Å²) in [5.41, 5.74) is 0.968. The molecule has 0 aliphatic carbocycles. The summed E-state index contributed by atoms with van der Waals surface area (Å²) in [7, 11) is 0. The van der Waals surface area contributed by atoms with Crippen LogP contribution in [0.2, 0.25) is 10.0 Å². The van der Waals surface area contributed by atoms with Crippen molar-refractivity contribution in [2.24, 2.45) is 0 Å². The molecule has 1 aromatic heterocycles. The summed E-state index contributed by atoms with van der Waals surface area (Å²) in [6, 6.07) is 5.45. The van der Waals surface area contributed by atoms with Gasteiger partial charge in [-0.3, -0.25) is 4.79 Å². The van der Waals surface area contributed by atoms with E-state index in [4.69, 9.17) is 23.2 Å². The largest absolute Gasteiger partial charge is 0.336 e. The molecule has 0 saturated heterocycles. The van der Waals surface area contributed by atoms with E-state index in [1.165, 1.54) is 0 Å². The Bertz CT molecular complexity index is 655. The summed E-state index contributed by atoms with van der Waals surface area (Å²) >= 11 is 12.1. The molecular weight excluding hydrogens is 321 g/mol. The summed E-state index contributed by atoms with van der Waals surface area (Å²) in [5.74, 6) is 0.969. The molecule has 1 heterocycles. The van der Waals surface area contributed by atoms with Crippen molar-refractivity contribution in [2.75, 3.05) is 6.54 Å². The highest BCUT2D eigenvalue weighted by atomic mass is 35.5. The van der Waals surface area contributed by atoms with Crippen molar-refractivity contribution >= 4 is 29.1 Å². The Morgan fingerprint density at radius 1 is 1.32 bits per heavy atom. The van der Waals surface area contributed by atoms with Gasteiger partial charge in [0.15, 0.2) is 0 Å². The molecule has 0 spiro atoms. The van der Waals surface area contributed by atoms with E-state index in [1.54, 1.807) is 17.2 Å². The van der Waals surface area contributed by atoms with Crippen molar-refractivity contribution in [2.45, 2.75) is 33.4 Å². The molecule has 0 aliphatic rings. The first-order valence-corrected chi connectivity index (χ1v) is 8.02. The lowest BCUT2D eigenvalue weighted by Crippen LogP contribution is -2.30. The molecule has 1 amide bonds. The third kappa shape index (κ3) is 4.02. The van der Waals surface area contributed by atoms with E-state index >= 15 is 0 Å². The van der Waals surface area contributed by atoms with Crippen LogP contribution in [0.1, 0.15) is 31.7 Å². The van der Waals surface area contributed by atoms with Crippen LogP contribution in [0, 0.1) is 0 Å². The molecular formula is C16H19Cl2N3O. The predicted molar refractivity (Wildman–Crippen MR) is 89.2 cm³/mol. The SMILES string of the molecule is CCC(=O)N(CC)Cc1nccn1Cc1ccc(Cl)cc1Cl. The number of amides is 1. The molecule has 0 saturated carbocycles. The van der Waals surface area contributed by atoms with E-state index in [-0.39, 0.29) is 5.91 Å². The molecule has 0 unspecified atom stereocenters. The van der Waals surface area contributed by atoms with Crippen molar-refractivity contribution in [3.05, 3.63) is 52.0 Å². The number of aromatic nitrogens is 2. The number of carbonyl (C=O) groups is 1. The van der Waals surface area contributed by atoms with E-state index < -0.39 is 0 Å². The smallest absolute Gasteiger partial charge is 0.222 e. The lowest BCUT2D eigenvalue weighted by atomic mass is 10.2. The van der Waals surface area contributed by atoms with Gasteiger partial charge in [0.1, 0.15) is 5.82 Å². The third-order valence-corrected chi connectivity index (χ3v) is 4.11. The average Bonchev–Trinajstić information content (AvgIpc) is 2.94. The predicted octanol–water partition coefficient (Wildman–Crippen LogP) is 4.00. The van der Waals surface area contributed by atoms with Crippen LogP contribution in [0.4, 0.5) is 0 Å². The fourth-order valence-electron chi connectivity index (χ4n) is 2.24. The zero-order chi connectivity index (χ0) is 16.1. The minimum absolute atomic E-state index is 0.126. The quantitative estimate of drug-likeness (QED) is 0.797. The van der Waals surface area contributed by atoms with Crippen LogP contribution >= 0.6 is 23.2 Å². The van der Waals surface area contributed by atoms with Crippen LogP contribution < -0.4 is 0 Å². The second-order valence-corrected chi connectivity index (χ2v) is 5.81. The third-order valence-electron chi connectivity index (χ3n) is 3.53. The van der Waals surface area contributed by atoms with Gasteiger partial charge in [-0.15, -0.1) is 0 Å². The molecule has 0 fully saturated rings. The van der Waals surface area contributed by atoms with Crippen molar-refractivity contribution in [1.29, 1.82) is 0 Å². The molecule has 0 aliphatic heterocycles. The zero-order valence-electron chi connectivity index (χ0n) is 12.7. The molecule has 118 valence electrons. The number of carbonyl (C=O) groups excluding carboxylic acids is 1. The number of hydrogen-bond acceptors (Lipinski definition) is 2. The normalized spacial score (nSPS) is 10.7. The van der Waals surface area contributed by atoms with Crippen LogP contribution in [0.25, 0.3) is 0 Å². The molecule has 0 atom stereocenters. The molecule has 4 nitrogen and oxygen atoms in total. The number of benzene rings is 1. The van der Waals surface area contributed by atoms with Crippen LogP contribution in [0.5, 0.6) is 0 Å². The maximum Gasteiger partial charge on any atom is 0.222 e. The Labute approximate surface area is 140 Å². The first-order valence-electron chi connectivity index (χ1n) is 7.26. The Morgan fingerprint density at radius 2 is 2.09 bits per heavy atom. The van der Waals surface area contributed by atoms with E-state index in [1.807, 2.05) is 36.7 Å². The first-order chi connectivity index (χ1) is 10.5. The van der Waals surface area contributed by atoms with E-state index in [9.17, 15) is 4.79 Å². The van der Waals surface area contributed by atoms with Crippen LogP contribution in [-0.4, -0.2) is 26.9 Å². The maximum atomic E-state index is 11.9. The molecule has 0 bridgehead atoms. The number of halogens is 2. The minimum atomic E-state index is 0.126. The van der Waals surface area contributed by atoms with Gasteiger partial charge in [-0.25, -0.2) is 4.98 Å². The Morgan fingerprint density at radius 3 is 2.73 bits per heavy atom. The average molecular weight is 340 g/mol. The topological polar surface area (TPSA) is 38.1 Å². The molecule has 0 N–H and O–H groups in total. The van der Waals surface area contributed by atoms with Crippen LogP contribution in [0.15, 0.2) is 30.6 Å². The number of imidazole rings is 1. The van der Waals surface area contributed by atoms with E-state index in [0.717, 1.165) is 11.4 Å². The van der Waals surface area contributed by atoms with Crippen molar-refractivity contribution in [1.82, 2.24) is 14.5 Å². The van der Waals surface area contributed by atoms with Crippen molar-refractivity contribution in [3.8, 4) is 0 Å². The van der Waals surface area contributed by atoms with Gasteiger partial charge < -0.3 is 9.47 Å². The number of nitrogens with zero attached hydrogens (tertiary/aromatic N) is 3. The van der Waals surface area contributed by atoms with E-state index in [2.05, 4.69) is 4.98 Å². The number of hydrogen-bond donors (Lipinski definition) is 0. The zero-order valence-corrected chi connectivity index (χ0v) is 14.2. The fourth-order valence-corrected chi connectivity index (χ4v) is 2.71. The minimum Gasteiger partial charge on any atom is -0.336 e. The summed E-state index contributed by atoms with van der Waals surface area (Å²) in [6.07, 6.45) is 4.13. The van der Waals surface area contributed by atoms with Crippen LogP contribution in [0.3, 0.4) is 0 Å². The Kier molecular flexibility index (Phi) is 5.86. The van der Waals surface area contributed by atoms with Gasteiger partial charge in [0.2, 0.25) is 5.91 Å². The maximum absolute atomic E-state index is 11.9. The highest BCUT2D eigenvalue weighted by Crippen LogP contribution is 2.22. The molecule has 2 rings (SSSR count). The lowest BCUT2D eigenvalue weighted by molar-refractivity contribution is -0.131. The van der Waals surface area contributed by atoms with E-state index in [0.29, 0.717) is 36.1 Å². The first kappa shape index (κ1) is 16.8. The van der Waals surface area contributed by atoms with Crippen molar-refractivity contribution < 1.29 is 4.79 Å². The summed E-state index contributed by atoms with van der Waals surface area (Å²) in [5, 5.41) is 1.24. The Balaban J connectivity index is 2.17. The fraction of sp³-hybridized carbons (Fsp3) is 0.375. The number of rotatable bonds is 6. The summed E-state index contributed by atoms with van der Waals surface area (Å²) < 4.78 is 2.00. The lowest BCUT2D eigenvalue weighted by Gasteiger charge is -2.20. The van der Waals surface area contributed by atoms with Crippen LogP contribution in [-0.2, 0) is 17.9 Å². The molecule has 6 heteroatoms. The van der Waals surface area contributed by atoms with Gasteiger partial charge in [-0.2, -0.15) is 0 Å². The van der Waals surface area contributed by atoms with Gasteiger partial charge in [-0.1, -0.05) is 36.2 Å². The van der Waals surface area contributed by atoms with Gasteiger partial charge in [-0.05, 0) is 24.6 Å². The second kappa shape index (κ2) is 7.65. The van der Waals surface area contributed by atoms with Crippen molar-refractivity contribution in [3.63, 3.8) is 0 Å². The van der Waals surface area contributed by atoms with Gasteiger partial charge in [0.05, 0.1) is 13.1 Å². The molecule has 2 aromatic rings. The van der Waals surface area contributed by atoms with Gasteiger partial charge in [0.25, 0.3) is 0 Å². The summed E-state index contributed by atoms with van der Waals surface area (Å²) in [4.78, 5) is 18.0. The Hall–Kier alpha value is -1.52. The molecule has 1 aromatic carbocycles. The standard InChI is InChI=1S/C16H19Cl2N3O/c1-3-16(22)20(4-2)11-15-19-7-8-21(15)10-12-5-6-13(17)9-14(12)18/h5-9H,3-4,10-11H2,1-2H3. The van der Waals surface area contributed by atoms with Gasteiger partial charge in [0, 0.05) is 35.4 Å². The second-order valence-electron chi connectivity index (χ2n) is 4.97. The highest BCUT2D eigenvalue weighted by molar-refractivity contribution is 6.35. The summed E-state index contributed by atoms with van der Waals surface area (Å²) in [6.45, 7) is 5.60. The van der Waals surface area contributed by atoms with Gasteiger partial charge >= 0.3 is 0 Å².